The summed E-state index contributed by atoms with van der Waals surface area (Å²) in [7, 11) is 0. The van der Waals surface area contributed by atoms with Crippen LogP contribution in [0.15, 0.2) is 48.5 Å². The fourth-order valence-electron chi connectivity index (χ4n) is 2.87. The van der Waals surface area contributed by atoms with Crippen molar-refractivity contribution in [1.29, 1.82) is 0 Å². The molecule has 134 valence electrons. The third kappa shape index (κ3) is 4.98. The fourth-order valence-corrected chi connectivity index (χ4v) is 2.87. The van der Waals surface area contributed by atoms with Crippen LogP contribution in [0.1, 0.15) is 11.7 Å². The number of rotatable bonds is 6. The van der Waals surface area contributed by atoms with Crippen molar-refractivity contribution in [3.63, 3.8) is 0 Å². The number of aliphatic hydroxyl groups is 1. The highest BCUT2D eigenvalue weighted by molar-refractivity contribution is 5.22. The minimum atomic E-state index is -0.704. The Balaban J connectivity index is 1.50. The second-order valence-electron chi connectivity index (χ2n) is 6.06. The van der Waals surface area contributed by atoms with E-state index in [0.717, 1.165) is 0 Å². The van der Waals surface area contributed by atoms with Gasteiger partial charge < -0.3 is 14.6 Å². The van der Waals surface area contributed by atoms with Crippen LogP contribution in [0.5, 0.6) is 5.75 Å². The minimum Gasteiger partial charge on any atom is -0.491 e. The number of hydrogen-bond donors (Lipinski definition) is 1. The molecule has 2 atom stereocenters. The van der Waals surface area contributed by atoms with E-state index in [2.05, 4.69) is 0 Å². The molecule has 1 heterocycles. The molecule has 0 amide bonds. The summed E-state index contributed by atoms with van der Waals surface area (Å²) in [4.78, 5) is 2.03. The predicted molar refractivity (Wildman–Crippen MR) is 89.4 cm³/mol. The Hall–Kier alpha value is -2.02. The van der Waals surface area contributed by atoms with E-state index in [1.807, 2.05) is 4.90 Å². The number of nitrogens with zero attached hydrogens (tertiary/aromatic N) is 1. The van der Waals surface area contributed by atoms with Crippen LogP contribution >= 0.6 is 0 Å². The van der Waals surface area contributed by atoms with Gasteiger partial charge in [0.25, 0.3) is 0 Å². The van der Waals surface area contributed by atoms with Gasteiger partial charge >= 0.3 is 0 Å². The normalized spacial score (nSPS) is 19.6. The molecule has 1 N–H and O–H groups in total. The van der Waals surface area contributed by atoms with Crippen molar-refractivity contribution in [2.75, 3.05) is 32.8 Å². The number of hydrogen-bond acceptors (Lipinski definition) is 4. The molecule has 0 spiro atoms. The van der Waals surface area contributed by atoms with Gasteiger partial charge in [-0.1, -0.05) is 18.2 Å². The molecule has 2 aromatic carbocycles. The summed E-state index contributed by atoms with van der Waals surface area (Å²) in [6, 6.07) is 12.2. The molecule has 2 unspecified atom stereocenters. The first-order valence-corrected chi connectivity index (χ1v) is 8.26. The molecule has 0 saturated carbocycles. The zero-order valence-corrected chi connectivity index (χ0v) is 13.8. The van der Waals surface area contributed by atoms with Crippen LogP contribution in [-0.4, -0.2) is 49.0 Å². The summed E-state index contributed by atoms with van der Waals surface area (Å²) in [5.74, 6) is -0.110. The molecule has 1 aliphatic heterocycles. The van der Waals surface area contributed by atoms with Gasteiger partial charge in [0, 0.05) is 25.2 Å². The lowest BCUT2D eigenvalue weighted by atomic mass is 10.1. The number of halogens is 2. The summed E-state index contributed by atoms with van der Waals surface area (Å²) in [5, 5.41) is 10.2. The van der Waals surface area contributed by atoms with E-state index in [9.17, 15) is 13.9 Å². The van der Waals surface area contributed by atoms with Crippen LogP contribution < -0.4 is 4.74 Å². The molecule has 1 saturated heterocycles. The van der Waals surface area contributed by atoms with Crippen LogP contribution in [0, 0.1) is 11.6 Å². The topological polar surface area (TPSA) is 41.9 Å². The maximum Gasteiger partial charge on any atom is 0.129 e. The van der Waals surface area contributed by atoms with Gasteiger partial charge in [0.05, 0.1) is 12.7 Å². The monoisotopic (exact) mass is 349 g/mol. The molecule has 0 aromatic heterocycles. The Morgan fingerprint density at radius 1 is 1.16 bits per heavy atom. The lowest BCUT2D eigenvalue weighted by molar-refractivity contribution is -0.0472. The summed E-state index contributed by atoms with van der Waals surface area (Å²) in [6.45, 7) is 2.15. The highest BCUT2D eigenvalue weighted by Crippen LogP contribution is 2.24. The third-order valence-electron chi connectivity index (χ3n) is 4.13. The van der Waals surface area contributed by atoms with E-state index in [4.69, 9.17) is 9.47 Å². The maximum absolute atomic E-state index is 13.9. The van der Waals surface area contributed by atoms with Gasteiger partial charge in [0.15, 0.2) is 0 Å². The number of morpholine rings is 1. The summed E-state index contributed by atoms with van der Waals surface area (Å²) in [5.41, 5.74) is 0.532. The van der Waals surface area contributed by atoms with Gasteiger partial charge in [-0.3, -0.25) is 4.90 Å². The smallest absolute Gasteiger partial charge is 0.129 e. The zero-order valence-electron chi connectivity index (χ0n) is 13.8. The highest BCUT2D eigenvalue weighted by atomic mass is 19.1. The first kappa shape index (κ1) is 17.8. The first-order valence-electron chi connectivity index (χ1n) is 8.26. The average Bonchev–Trinajstić information content (AvgIpc) is 2.62. The lowest BCUT2D eigenvalue weighted by Crippen LogP contribution is -2.43. The number of ether oxygens (including phenoxy) is 2. The highest BCUT2D eigenvalue weighted by Gasteiger charge is 2.25. The van der Waals surface area contributed by atoms with Crippen LogP contribution in [0.3, 0.4) is 0 Å². The van der Waals surface area contributed by atoms with Crippen molar-refractivity contribution in [2.24, 2.45) is 0 Å². The van der Waals surface area contributed by atoms with Crippen molar-refractivity contribution in [2.45, 2.75) is 12.2 Å². The standard InChI is InChI=1S/C19H21F2NO3/c20-14-5-7-16(8-6-14)25-13-15(23)11-22-9-10-24-19(12-22)17-3-1-2-4-18(17)21/h1-8,15,19,23H,9-13H2. The number of β-amino-alcohol motifs (C(OH)–C–C–N with tert-alkyl or cyclic N) is 1. The van der Waals surface area contributed by atoms with E-state index in [1.165, 1.54) is 30.3 Å². The molecular weight excluding hydrogens is 328 g/mol. The summed E-state index contributed by atoms with van der Waals surface area (Å²) < 4.78 is 37.9. The Kier molecular flexibility index (Phi) is 5.96. The zero-order chi connectivity index (χ0) is 17.6. The minimum absolute atomic E-state index is 0.105. The van der Waals surface area contributed by atoms with Crippen molar-refractivity contribution >= 4 is 0 Å². The largest absolute Gasteiger partial charge is 0.491 e. The van der Waals surface area contributed by atoms with E-state index in [-0.39, 0.29) is 24.3 Å². The molecule has 1 aliphatic rings. The van der Waals surface area contributed by atoms with Crippen LogP contribution in [0.2, 0.25) is 0 Å². The van der Waals surface area contributed by atoms with Gasteiger partial charge in [-0.05, 0) is 30.3 Å². The van der Waals surface area contributed by atoms with Crippen molar-refractivity contribution in [3.8, 4) is 5.75 Å². The van der Waals surface area contributed by atoms with Crippen molar-refractivity contribution < 1.29 is 23.4 Å². The maximum atomic E-state index is 13.9. The molecule has 3 rings (SSSR count). The second kappa shape index (κ2) is 8.38. The summed E-state index contributed by atoms with van der Waals surface area (Å²) in [6.07, 6.45) is -1.05. The lowest BCUT2D eigenvalue weighted by Gasteiger charge is -2.34. The predicted octanol–water partition coefficient (Wildman–Crippen LogP) is 2.78. The molecule has 0 aliphatic carbocycles. The quantitative estimate of drug-likeness (QED) is 0.871. The Morgan fingerprint density at radius 3 is 2.68 bits per heavy atom. The van der Waals surface area contributed by atoms with E-state index < -0.39 is 6.10 Å². The van der Waals surface area contributed by atoms with Gasteiger partial charge in [-0.25, -0.2) is 8.78 Å². The van der Waals surface area contributed by atoms with Gasteiger partial charge in [0.1, 0.15) is 30.1 Å². The molecule has 4 nitrogen and oxygen atoms in total. The number of benzene rings is 2. The molecule has 2 aromatic rings. The Labute approximate surface area is 145 Å². The summed E-state index contributed by atoms with van der Waals surface area (Å²) >= 11 is 0. The molecule has 25 heavy (non-hydrogen) atoms. The van der Waals surface area contributed by atoms with E-state index >= 15 is 0 Å². The third-order valence-corrected chi connectivity index (χ3v) is 4.13. The molecule has 0 radical (unpaired) electrons. The van der Waals surface area contributed by atoms with Gasteiger partial charge in [0.2, 0.25) is 0 Å². The Morgan fingerprint density at radius 2 is 1.92 bits per heavy atom. The van der Waals surface area contributed by atoms with Gasteiger partial charge in [-0.15, -0.1) is 0 Å². The molecule has 0 bridgehead atoms. The van der Waals surface area contributed by atoms with Crippen LogP contribution in [-0.2, 0) is 4.74 Å². The first-order chi connectivity index (χ1) is 12.1. The van der Waals surface area contributed by atoms with Crippen LogP contribution in [0.25, 0.3) is 0 Å². The molecule has 1 fully saturated rings. The average molecular weight is 349 g/mol. The molecule has 6 heteroatoms. The van der Waals surface area contributed by atoms with Crippen molar-refractivity contribution in [3.05, 3.63) is 65.7 Å². The Bertz CT molecular complexity index is 681. The van der Waals surface area contributed by atoms with Crippen molar-refractivity contribution in [1.82, 2.24) is 4.90 Å². The number of aliphatic hydroxyl groups excluding tert-OH is 1. The van der Waals surface area contributed by atoms with Crippen LogP contribution in [0.4, 0.5) is 8.78 Å². The second-order valence-corrected chi connectivity index (χ2v) is 6.06. The SMILES string of the molecule is OC(COc1ccc(F)cc1)CN1CCOC(c2ccccc2F)C1. The van der Waals surface area contributed by atoms with E-state index in [1.54, 1.807) is 18.2 Å². The molecular formula is C19H21F2NO3. The van der Waals surface area contributed by atoms with Gasteiger partial charge in [-0.2, -0.15) is 0 Å². The van der Waals surface area contributed by atoms with E-state index in [0.29, 0.717) is 37.6 Å². The fraction of sp³-hybridized carbons (Fsp3) is 0.368.